The van der Waals surface area contributed by atoms with Crippen LogP contribution in [0.1, 0.15) is 31.2 Å². The van der Waals surface area contributed by atoms with Crippen LogP contribution in [0.3, 0.4) is 0 Å². The van der Waals surface area contributed by atoms with Crippen LogP contribution in [0.25, 0.3) is 0 Å². The molecule has 3 rings (SSSR count). The van der Waals surface area contributed by atoms with E-state index in [0.717, 1.165) is 18.4 Å². The fourth-order valence-corrected chi connectivity index (χ4v) is 2.81. The summed E-state index contributed by atoms with van der Waals surface area (Å²) in [5, 5.41) is 13.1. The predicted molar refractivity (Wildman–Crippen MR) is 87.5 cm³/mol. The Hall–Kier alpha value is -2.40. The number of pyridine rings is 1. The molecule has 1 aromatic heterocycles. The molecule has 0 saturated heterocycles. The Labute approximate surface area is 135 Å². The van der Waals surface area contributed by atoms with Gasteiger partial charge in [0.15, 0.2) is 0 Å². The van der Waals surface area contributed by atoms with Crippen molar-refractivity contribution in [2.24, 2.45) is 0 Å². The summed E-state index contributed by atoms with van der Waals surface area (Å²) in [4.78, 5) is 16.2. The van der Waals surface area contributed by atoms with Crippen molar-refractivity contribution < 1.29 is 14.6 Å². The van der Waals surface area contributed by atoms with E-state index in [2.05, 4.69) is 10.3 Å². The Morgan fingerprint density at radius 1 is 1.30 bits per heavy atom. The maximum absolute atomic E-state index is 12.2. The fraction of sp³-hybridized carbons (Fsp3) is 0.333. The molecule has 0 unspecified atom stereocenters. The van der Waals surface area contributed by atoms with Crippen LogP contribution in [-0.2, 0) is 4.79 Å². The Morgan fingerprint density at radius 2 is 2.09 bits per heavy atom. The maximum Gasteiger partial charge on any atom is 0.256 e. The molecular formula is C18H20N2O3. The number of anilines is 1. The van der Waals surface area contributed by atoms with Crippen LogP contribution in [0.5, 0.6) is 11.5 Å². The molecular weight excluding hydrogens is 292 g/mol. The lowest BCUT2D eigenvalue weighted by Gasteiger charge is -2.21. The van der Waals surface area contributed by atoms with Crippen LogP contribution in [0.4, 0.5) is 5.69 Å². The van der Waals surface area contributed by atoms with Crippen molar-refractivity contribution in [1.29, 1.82) is 0 Å². The molecule has 2 aromatic rings. The standard InChI is InChI=1S/C18H20N2O3/c1-13-11-14(20-17(21)18(22)8-2-3-9-18)6-7-16(13)23-15-5-4-10-19-12-15/h4-7,10-12,22H,2-3,8-9H2,1H3,(H,20,21). The quantitative estimate of drug-likeness (QED) is 0.907. The maximum atomic E-state index is 12.2. The van der Waals surface area contributed by atoms with Crippen molar-refractivity contribution in [3.8, 4) is 11.5 Å². The summed E-state index contributed by atoms with van der Waals surface area (Å²) in [6, 6.07) is 9.05. The molecule has 1 aliphatic rings. The molecule has 0 bridgehead atoms. The van der Waals surface area contributed by atoms with Gasteiger partial charge in [-0.05, 0) is 68.5 Å². The highest BCUT2D eigenvalue weighted by Crippen LogP contribution is 2.31. The molecule has 5 nitrogen and oxygen atoms in total. The third-order valence-electron chi connectivity index (χ3n) is 4.15. The highest BCUT2D eigenvalue weighted by molar-refractivity contribution is 5.97. The number of rotatable bonds is 4. The first-order chi connectivity index (χ1) is 11.1. The van der Waals surface area contributed by atoms with Gasteiger partial charge in [0.1, 0.15) is 17.1 Å². The number of nitrogens with one attached hydrogen (secondary N) is 1. The molecule has 2 N–H and O–H groups in total. The van der Waals surface area contributed by atoms with Crippen LogP contribution in [0.15, 0.2) is 42.7 Å². The molecule has 0 spiro atoms. The van der Waals surface area contributed by atoms with Gasteiger partial charge in [-0.1, -0.05) is 0 Å². The highest BCUT2D eigenvalue weighted by atomic mass is 16.5. The average Bonchev–Trinajstić information content (AvgIpc) is 2.99. The minimum absolute atomic E-state index is 0.324. The van der Waals surface area contributed by atoms with E-state index in [9.17, 15) is 9.90 Å². The summed E-state index contributed by atoms with van der Waals surface area (Å²) in [7, 11) is 0. The molecule has 0 radical (unpaired) electrons. The normalized spacial score (nSPS) is 16.1. The van der Waals surface area contributed by atoms with Gasteiger partial charge in [-0.15, -0.1) is 0 Å². The first-order valence-corrected chi connectivity index (χ1v) is 7.79. The van der Waals surface area contributed by atoms with Crippen molar-refractivity contribution >= 4 is 11.6 Å². The number of carbonyl (C=O) groups excluding carboxylic acids is 1. The second-order valence-corrected chi connectivity index (χ2v) is 5.96. The van der Waals surface area contributed by atoms with Gasteiger partial charge in [0, 0.05) is 11.9 Å². The summed E-state index contributed by atoms with van der Waals surface area (Å²) in [5.41, 5.74) is 0.329. The number of ether oxygens (including phenoxy) is 1. The number of aromatic nitrogens is 1. The molecule has 0 aliphatic heterocycles. The first kappa shape index (κ1) is 15.5. The SMILES string of the molecule is Cc1cc(NC(=O)C2(O)CCCC2)ccc1Oc1cccnc1. The molecule has 120 valence electrons. The predicted octanol–water partition coefficient (Wildman–Crippen LogP) is 3.43. The molecule has 1 heterocycles. The van der Waals surface area contributed by atoms with Crippen molar-refractivity contribution in [2.75, 3.05) is 5.32 Å². The molecule has 1 aromatic carbocycles. The smallest absolute Gasteiger partial charge is 0.256 e. The molecule has 23 heavy (non-hydrogen) atoms. The van der Waals surface area contributed by atoms with E-state index in [0.29, 0.717) is 30.0 Å². The zero-order valence-corrected chi connectivity index (χ0v) is 13.1. The van der Waals surface area contributed by atoms with Gasteiger partial charge >= 0.3 is 0 Å². The van der Waals surface area contributed by atoms with E-state index in [1.807, 2.05) is 25.1 Å². The van der Waals surface area contributed by atoms with Gasteiger partial charge in [-0.2, -0.15) is 0 Å². The number of hydrogen-bond donors (Lipinski definition) is 2. The van der Waals surface area contributed by atoms with Gasteiger partial charge in [0.25, 0.3) is 5.91 Å². The number of amides is 1. The first-order valence-electron chi connectivity index (χ1n) is 7.79. The second kappa shape index (κ2) is 6.38. The van der Waals surface area contributed by atoms with Crippen LogP contribution >= 0.6 is 0 Å². The third-order valence-corrected chi connectivity index (χ3v) is 4.15. The summed E-state index contributed by atoms with van der Waals surface area (Å²) < 4.78 is 5.76. The van der Waals surface area contributed by atoms with E-state index in [-0.39, 0.29) is 5.91 Å². The molecule has 0 atom stereocenters. The van der Waals surface area contributed by atoms with E-state index >= 15 is 0 Å². The van der Waals surface area contributed by atoms with E-state index < -0.39 is 5.60 Å². The van der Waals surface area contributed by atoms with Gasteiger partial charge in [-0.25, -0.2) is 0 Å². The molecule has 1 fully saturated rings. The lowest BCUT2D eigenvalue weighted by Crippen LogP contribution is -2.40. The Morgan fingerprint density at radius 3 is 2.74 bits per heavy atom. The van der Waals surface area contributed by atoms with Crippen molar-refractivity contribution in [3.05, 3.63) is 48.3 Å². The lowest BCUT2D eigenvalue weighted by molar-refractivity contribution is -0.133. The molecule has 1 saturated carbocycles. The third kappa shape index (κ3) is 3.51. The number of aryl methyl sites for hydroxylation is 1. The van der Waals surface area contributed by atoms with E-state index in [4.69, 9.17) is 4.74 Å². The van der Waals surface area contributed by atoms with Crippen LogP contribution < -0.4 is 10.1 Å². The number of aliphatic hydroxyl groups is 1. The molecule has 5 heteroatoms. The molecule has 1 amide bonds. The number of carbonyl (C=O) groups is 1. The van der Waals surface area contributed by atoms with Gasteiger partial charge in [0.05, 0.1) is 6.20 Å². The van der Waals surface area contributed by atoms with Gasteiger partial charge < -0.3 is 15.2 Å². The summed E-state index contributed by atoms with van der Waals surface area (Å²) in [6.45, 7) is 1.91. The van der Waals surface area contributed by atoms with E-state index in [1.165, 1.54) is 0 Å². The number of hydrogen-bond acceptors (Lipinski definition) is 4. The van der Waals surface area contributed by atoms with Crippen LogP contribution in [0, 0.1) is 6.92 Å². The molecule has 1 aliphatic carbocycles. The van der Waals surface area contributed by atoms with Crippen molar-refractivity contribution in [1.82, 2.24) is 4.98 Å². The monoisotopic (exact) mass is 312 g/mol. The summed E-state index contributed by atoms with van der Waals surface area (Å²) in [5.74, 6) is 1.04. The topological polar surface area (TPSA) is 71.5 Å². The van der Waals surface area contributed by atoms with Crippen LogP contribution in [-0.4, -0.2) is 21.6 Å². The minimum atomic E-state index is -1.22. The Bertz CT molecular complexity index is 695. The number of benzene rings is 1. The Balaban J connectivity index is 1.70. The number of nitrogens with zero attached hydrogens (tertiary/aromatic N) is 1. The summed E-state index contributed by atoms with van der Waals surface area (Å²) >= 11 is 0. The minimum Gasteiger partial charge on any atom is -0.455 e. The zero-order valence-electron chi connectivity index (χ0n) is 13.1. The van der Waals surface area contributed by atoms with Crippen molar-refractivity contribution in [2.45, 2.75) is 38.2 Å². The largest absolute Gasteiger partial charge is 0.455 e. The average molecular weight is 312 g/mol. The second-order valence-electron chi connectivity index (χ2n) is 5.96. The van der Waals surface area contributed by atoms with Crippen molar-refractivity contribution in [3.63, 3.8) is 0 Å². The summed E-state index contributed by atoms with van der Waals surface area (Å²) in [6.07, 6.45) is 6.17. The zero-order chi connectivity index (χ0) is 16.3. The van der Waals surface area contributed by atoms with Crippen LogP contribution in [0.2, 0.25) is 0 Å². The lowest BCUT2D eigenvalue weighted by atomic mass is 10.0. The van der Waals surface area contributed by atoms with Gasteiger partial charge in [-0.3, -0.25) is 9.78 Å². The fourth-order valence-electron chi connectivity index (χ4n) is 2.81. The van der Waals surface area contributed by atoms with Gasteiger partial charge in [0.2, 0.25) is 0 Å². The Kier molecular flexibility index (Phi) is 4.30. The van der Waals surface area contributed by atoms with E-state index in [1.54, 1.807) is 24.5 Å². The highest BCUT2D eigenvalue weighted by Gasteiger charge is 2.38.